The molecule has 0 saturated heterocycles. The van der Waals surface area contributed by atoms with Gasteiger partial charge in [-0.25, -0.2) is 0 Å². The largest absolute Gasteiger partial charge is 0.393 e. The monoisotopic (exact) mass is 157 g/mol. The van der Waals surface area contributed by atoms with Crippen molar-refractivity contribution in [3.8, 4) is 0 Å². The Kier molecular flexibility index (Phi) is 3.34. The van der Waals surface area contributed by atoms with E-state index in [1.807, 2.05) is 0 Å². The number of rotatable bonds is 2. The average molecular weight is 157 g/mol. The van der Waals surface area contributed by atoms with Gasteiger partial charge in [-0.15, -0.1) is 0 Å². The lowest BCUT2D eigenvalue weighted by atomic mass is 9.93. The molecule has 1 saturated carbocycles. The van der Waals surface area contributed by atoms with E-state index in [4.69, 9.17) is 0 Å². The van der Waals surface area contributed by atoms with Gasteiger partial charge in [0.05, 0.1) is 6.10 Å². The number of hydrogen-bond acceptors (Lipinski definition) is 2. The van der Waals surface area contributed by atoms with E-state index in [9.17, 15) is 5.11 Å². The van der Waals surface area contributed by atoms with Crippen LogP contribution in [0.25, 0.3) is 0 Å². The first-order chi connectivity index (χ1) is 5.18. The molecular formula is C9H19NO. The molecule has 66 valence electrons. The highest BCUT2D eigenvalue weighted by Crippen LogP contribution is 2.18. The Labute approximate surface area is 69.0 Å². The van der Waals surface area contributed by atoms with Crippen LogP contribution in [0, 0.1) is 0 Å². The summed E-state index contributed by atoms with van der Waals surface area (Å²) in [6.07, 6.45) is 4.20. The fraction of sp³-hybridized carbons (Fsp3) is 1.00. The Balaban J connectivity index is 2.17. The lowest BCUT2D eigenvalue weighted by molar-refractivity contribution is 0.115. The minimum atomic E-state index is -0.0276. The van der Waals surface area contributed by atoms with E-state index < -0.39 is 0 Å². The second-order valence-corrected chi connectivity index (χ2v) is 3.83. The molecule has 2 nitrogen and oxygen atoms in total. The molecule has 0 spiro atoms. The van der Waals surface area contributed by atoms with Crippen LogP contribution < -0.4 is 5.32 Å². The zero-order chi connectivity index (χ0) is 8.27. The van der Waals surface area contributed by atoms with E-state index in [0.29, 0.717) is 12.1 Å². The van der Waals surface area contributed by atoms with Crippen molar-refractivity contribution in [3.05, 3.63) is 0 Å². The Morgan fingerprint density at radius 1 is 1.18 bits per heavy atom. The van der Waals surface area contributed by atoms with Gasteiger partial charge in [-0.05, 0) is 25.7 Å². The smallest absolute Gasteiger partial charge is 0.0541 e. The Hall–Kier alpha value is -0.0800. The number of nitrogens with one attached hydrogen (secondary N) is 1. The van der Waals surface area contributed by atoms with E-state index >= 15 is 0 Å². The Morgan fingerprint density at radius 3 is 2.18 bits per heavy atom. The molecule has 0 aromatic rings. The van der Waals surface area contributed by atoms with Gasteiger partial charge >= 0.3 is 0 Å². The molecule has 1 rings (SSSR count). The SMILES string of the molecule is CC(C)NC1CCC(O)CC1. The molecule has 2 heteroatoms. The quantitative estimate of drug-likeness (QED) is 0.633. The zero-order valence-electron chi connectivity index (χ0n) is 7.51. The second-order valence-electron chi connectivity index (χ2n) is 3.83. The molecule has 0 aromatic carbocycles. The summed E-state index contributed by atoms with van der Waals surface area (Å²) in [6.45, 7) is 4.34. The fourth-order valence-corrected chi connectivity index (χ4v) is 1.71. The third kappa shape index (κ3) is 3.21. The second kappa shape index (κ2) is 4.07. The van der Waals surface area contributed by atoms with E-state index in [1.165, 1.54) is 0 Å². The summed E-state index contributed by atoms with van der Waals surface area (Å²) in [5, 5.41) is 12.7. The molecule has 0 unspecified atom stereocenters. The van der Waals surface area contributed by atoms with Crippen LogP contribution in [-0.2, 0) is 0 Å². The highest BCUT2D eigenvalue weighted by molar-refractivity contribution is 4.77. The van der Waals surface area contributed by atoms with E-state index in [1.54, 1.807) is 0 Å². The van der Waals surface area contributed by atoms with E-state index in [2.05, 4.69) is 19.2 Å². The first kappa shape index (κ1) is 9.01. The zero-order valence-corrected chi connectivity index (χ0v) is 7.51. The summed E-state index contributed by atoms with van der Waals surface area (Å²) < 4.78 is 0. The molecule has 1 aliphatic carbocycles. The van der Waals surface area contributed by atoms with Gasteiger partial charge < -0.3 is 10.4 Å². The molecule has 0 amide bonds. The highest BCUT2D eigenvalue weighted by atomic mass is 16.3. The topological polar surface area (TPSA) is 32.3 Å². The van der Waals surface area contributed by atoms with Gasteiger partial charge in [0.1, 0.15) is 0 Å². The fourth-order valence-electron chi connectivity index (χ4n) is 1.71. The van der Waals surface area contributed by atoms with Crippen molar-refractivity contribution in [3.63, 3.8) is 0 Å². The average Bonchev–Trinajstić information content (AvgIpc) is 1.93. The molecule has 0 heterocycles. The van der Waals surface area contributed by atoms with Crippen molar-refractivity contribution in [1.82, 2.24) is 5.32 Å². The predicted molar refractivity (Wildman–Crippen MR) is 46.5 cm³/mol. The van der Waals surface area contributed by atoms with Gasteiger partial charge in [0.15, 0.2) is 0 Å². The van der Waals surface area contributed by atoms with Crippen LogP contribution in [0.5, 0.6) is 0 Å². The predicted octanol–water partition coefficient (Wildman–Crippen LogP) is 1.29. The standard InChI is InChI=1S/C9H19NO/c1-7(2)10-8-3-5-9(11)6-4-8/h7-11H,3-6H2,1-2H3. The molecule has 0 aliphatic heterocycles. The normalized spacial score (nSPS) is 32.7. The van der Waals surface area contributed by atoms with Crippen LogP contribution in [-0.4, -0.2) is 23.3 Å². The molecule has 11 heavy (non-hydrogen) atoms. The van der Waals surface area contributed by atoms with Crippen molar-refractivity contribution in [1.29, 1.82) is 0 Å². The van der Waals surface area contributed by atoms with Crippen molar-refractivity contribution in [2.24, 2.45) is 0 Å². The molecule has 1 aliphatic rings. The Morgan fingerprint density at radius 2 is 1.73 bits per heavy atom. The molecule has 1 fully saturated rings. The minimum Gasteiger partial charge on any atom is -0.393 e. The third-order valence-corrected chi connectivity index (χ3v) is 2.27. The van der Waals surface area contributed by atoms with Crippen LogP contribution in [0.15, 0.2) is 0 Å². The summed E-state index contributed by atoms with van der Waals surface area (Å²) in [7, 11) is 0. The van der Waals surface area contributed by atoms with Gasteiger partial charge in [-0.1, -0.05) is 13.8 Å². The maximum absolute atomic E-state index is 9.23. The summed E-state index contributed by atoms with van der Waals surface area (Å²) in [5.41, 5.74) is 0. The van der Waals surface area contributed by atoms with E-state index in [0.717, 1.165) is 25.7 Å². The summed E-state index contributed by atoms with van der Waals surface area (Å²) >= 11 is 0. The van der Waals surface area contributed by atoms with Gasteiger partial charge in [-0.2, -0.15) is 0 Å². The maximum atomic E-state index is 9.23. The number of hydrogen-bond donors (Lipinski definition) is 2. The number of aliphatic hydroxyl groups excluding tert-OH is 1. The van der Waals surface area contributed by atoms with Crippen LogP contribution in [0.1, 0.15) is 39.5 Å². The third-order valence-electron chi connectivity index (χ3n) is 2.27. The first-order valence-corrected chi connectivity index (χ1v) is 4.62. The van der Waals surface area contributed by atoms with Crippen LogP contribution in [0.2, 0.25) is 0 Å². The van der Waals surface area contributed by atoms with Gasteiger partial charge in [0.25, 0.3) is 0 Å². The van der Waals surface area contributed by atoms with Crippen molar-refractivity contribution >= 4 is 0 Å². The van der Waals surface area contributed by atoms with Gasteiger partial charge in [0.2, 0.25) is 0 Å². The Bertz CT molecular complexity index is 106. The number of aliphatic hydroxyl groups is 1. The van der Waals surface area contributed by atoms with Gasteiger partial charge in [0, 0.05) is 12.1 Å². The molecule has 0 atom stereocenters. The van der Waals surface area contributed by atoms with Crippen molar-refractivity contribution < 1.29 is 5.11 Å². The molecule has 2 N–H and O–H groups in total. The molecular weight excluding hydrogens is 138 g/mol. The van der Waals surface area contributed by atoms with Crippen molar-refractivity contribution in [2.75, 3.05) is 0 Å². The van der Waals surface area contributed by atoms with Crippen LogP contribution in [0.4, 0.5) is 0 Å². The molecule has 0 radical (unpaired) electrons. The lowest BCUT2D eigenvalue weighted by Crippen LogP contribution is -2.38. The summed E-state index contributed by atoms with van der Waals surface area (Å²) in [4.78, 5) is 0. The lowest BCUT2D eigenvalue weighted by Gasteiger charge is -2.27. The van der Waals surface area contributed by atoms with Crippen LogP contribution >= 0.6 is 0 Å². The first-order valence-electron chi connectivity index (χ1n) is 4.62. The summed E-state index contributed by atoms with van der Waals surface area (Å²) in [5.74, 6) is 0. The highest BCUT2D eigenvalue weighted by Gasteiger charge is 2.18. The minimum absolute atomic E-state index is 0.0276. The van der Waals surface area contributed by atoms with Crippen LogP contribution in [0.3, 0.4) is 0 Å². The molecule has 0 aromatic heterocycles. The molecule has 0 bridgehead atoms. The summed E-state index contributed by atoms with van der Waals surface area (Å²) in [6, 6.07) is 1.23. The maximum Gasteiger partial charge on any atom is 0.0541 e. The van der Waals surface area contributed by atoms with E-state index in [-0.39, 0.29) is 6.10 Å². The van der Waals surface area contributed by atoms with Crippen molar-refractivity contribution in [2.45, 2.75) is 57.7 Å². The van der Waals surface area contributed by atoms with Gasteiger partial charge in [-0.3, -0.25) is 0 Å².